The first kappa shape index (κ1) is 36.4. The molecule has 0 aromatic heterocycles. The van der Waals surface area contributed by atoms with Gasteiger partial charge < -0.3 is 20.6 Å². The van der Waals surface area contributed by atoms with Gasteiger partial charge in [-0.1, -0.05) is 155 Å². The number of nitrogens with one attached hydrogen (secondary N) is 1. The molecule has 0 aliphatic heterocycles. The fourth-order valence-electron chi connectivity index (χ4n) is 5.10. The van der Waals surface area contributed by atoms with Crippen LogP contribution in [-0.4, -0.2) is 46.1 Å². The predicted octanol–water partition coefficient (Wildman–Crippen LogP) is 7.98. The standard InChI is InChI=1S/C32H65NO4/c1-3-5-7-9-11-13-15-16-17-19-21-23-25-27-31(36)33-29(28-34)32(37)30(35)26-24-22-20-18-14-12-10-8-6-4-2/h29-30,32,34-35,37H,3-28H2,1-2H3,(H,33,36). The van der Waals surface area contributed by atoms with Gasteiger partial charge in [-0.3, -0.25) is 4.79 Å². The molecule has 37 heavy (non-hydrogen) atoms. The van der Waals surface area contributed by atoms with E-state index in [1.165, 1.54) is 109 Å². The number of aliphatic hydroxyl groups is 3. The first-order chi connectivity index (χ1) is 18.1. The Morgan fingerprint density at radius 2 is 0.919 bits per heavy atom. The molecule has 0 fully saturated rings. The van der Waals surface area contributed by atoms with Crippen molar-refractivity contribution >= 4 is 5.91 Å². The summed E-state index contributed by atoms with van der Waals surface area (Å²) in [7, 11) is 0. The van der Waals surface area contributed by atoms with Gasteiger partial charge in [-0.25, -0.2) is 0 Å². The molecule has 5 heteroatoms. The summed E-state index contributed by atoms with van der Waals surface area (Å²) in [5, 5.41) is 33.1. The maximum atomic E-state index is 12.3. The third-order valence-corrected chi connectivity index (χ3v) is 7.71. The molecular weight excluding hydrogens is 462 g/mol. The average Bonchev–Trinajstić information content (AvgIpc) is 2.90. The SMILES string of the molecule is CCCCCCCCCCCCCCCC(=O)NC(CO)C(O)C(O)CCCCCCCCCCCC. The molecule has 0 rings (SSSR count). The molecule has 0 saturated heterocycles. The molecule has 0 radical (unpaired) electrons. The van der Waals surface area contributed by atoms with Crippen molar-refractivity contribution in [2.45, 2.75) is 193 Å². The minimum absolute atomic E-state index is 0.146. The van der Waals surface area contributed by atoms with Gasteiger partial charge in [-0.05, 0) is 12.8 Å². The molecule has 0 aliphatic carbocycles. The molecule has 0 aliphatic rings. The lowest BCUT2D eigenvalue weighted by Gasteiger charge is -2.26. The third-order valence-electron chi connectivity index (χ3n) is 7.71. The summed E-state index contributed by atoms with van der Waals surface area (Å²) in [6, 6.07) is -0.799. The molecule has 0 aromatic carbocycles. The van der Waals surface area contributed by atoms with Gasteiger partial charge in [0.2, 0.25) is 5.91 Å². The number of hydrogen-bond acceptors (Lipinski definition) is 4. The molecule has 0 aromatic rings. The second-order valence-corrected chi connectivity index (χ2v) is 11.4. The highest BCUT2D eigenvalue weighted by atomic mass is 16.3. The van der Waals surface area contributed by atoms with Crippen molar-refractivity contribution in [3.05, 3.63) is 0 Å². The van der Waals surface area contributed by atoms with Crippen molar-refractivity contribution in [1.29, 1.82) is 0 Å². The number of unbranched alkanes of at least 4 members (excludes halogenated alkanes) is 21. The van der Waals surface area contributed by atoms with Gasteiger partial charge in [0.25, 0.3) is 0 Å². The van der Waals surface area contributed by atoms with Crippen LogP contribution in [0.25, 0.3) is 0 Å². The maximum Gasteiger partial charge on any atom is 0.220 e. The highest BCUT2D eigenvalue weighted by molar-refractivity contribution is 5.76. The van der Waals surface area contributed by atoms with E-state index in [-0.39, 0.29) is 12.5 Å². The van der Waals surface area contributed by atoms with Gasteiger partial charge >= 0.3 is 0 Å². The predicted molar refractivity (Wildman–Crippen MR) is 158 cm³/mol. The summed E-state index contributed by atoms with van der Waals surface area (Å²) in [6.45, 7) is 4.14. The third kappa shape index (κ3) is 24.1. The zero-order valence-corrected chi connectivity index (χ0v) is 24.9. The van der Waals surface area contributed by atoms with Gasteiger partial charge in [0.15, 0.2) is 0 Å². The first-order valence-electron chi connectivity index (χ1n) is 16.3. The molecule has 4 N–H and O–H groups in total. The quantitative estimate of drug-likeness (QED) is 0.0742. The van der Waals surface area contributed by atoms with Crippen molar-refractivity contribution in [3.8, 4) is 0 Å². The average molecular weight is 528 g/mol. The van der Waals surface area contributed by atoms with E-state index in [0.717, 1.165) is 38.5 Å². The van der Waals surface area contributed by atoms with Gasteiger partial charge in [0.1, 0.15) is 6.10 Å². The Morgan fingerprint density at radius 3 is 1.30 bits per heavy atom. The highest BCUT2D eigenvalue weighted by Gasteiger charge is 2.26. The lowest BCUT2D eigenvalue weighted by molar-refractivity contribution is -0.124. The Morgan fingerprint density at radius 1 is 0.568 bits per heavy atom. The molecule has 222 valence electrons. The van der Waals surface area contributed by atoms with Crippen LogP contribution in [0.5, 0.6) is 0 Å². The van der Waals surface area contributed by atoms with Gasteiger partial charge in [-0.15, -0.1) is 0 Å². The number of rotatable bonds is 29. The topological polar surface area (TPSA) is 89.8 Å². The van der Waals surface area contributed by atoms with Crippen molar-refractivity contribution < 1.29 is 20.1 Å². The fourth-order valence-corrected chi connectivity index (χ4v) is 5.10. The van der Waals surface area contributed by atoms with Crippen LogP contribution in [0.15, 0.2) is 0 Å². The zero-order valence-electron chi connectivity index (χ0n) is 24.9. The summed E-state index contributed by atoms with van der Waals surface area (Å²) >= 11 is 0. The Labute approximate surface area is 230 Å². The maximum absolute atomic E-state index is 12.3. The molecular formula is C32H65NO4. The molecule has 0 saturated carbocycles. The molecule has 0 bridgehead atoms. The van der Waals surface area contributed by atoms with E-state index < -0.39 is 18.2 Å². The Balaban J connectivity index is 3.71. The smallest absolute Gasteiger partial charge is 0.220 e. The number of hydrogen-bond donors (Lipinski definition) is 4. The van der Waals surface area contributed by atoms with E-state index >= 15 is 0 Å². The molecule has 0 spiro atoms. The number of aliphatic hydroxyl groups excluding tert-OH is 3. The fraction of sp³-hybridized carbons (Fsp3) is 0.969. The van der Waals surface area contributed by atoms with Gasteiger partial charge in [-0.2, -0.15) is 0 Å². The van der Waals surface area contributed by atoms with E-state index in [1.54, 1.807) is 0 Å². The summed E-state index contributed by atoms with van der Waals surface area (Å²) < 4.78 is 0. The van der Waals surface area contributed by atoms with Crippen LogP contribution in [0, 0.1) is 0 Å². The van der Waals surface area contributed by atoms with Gasteiger partial charge in [0, 0.05) is 6.42 Å². The van der Waals surface area contributed by atoms with E-state index in [0.29, 0.717) is 12.8 Å². The summed E-state index contributed by atoms with van der Waals surface area (Å²) in [5.41, 5.74) is 0. The van der Waals surface area contributed by atoms with E-state index in [1.807, 2.05) is 0 Å². The van der Waals surface area contributed by atoms with Crippen LogP contribution in [0.2, 0.25) is 0 Å². The Hall–Kier alpha value is -0.650. The van der Waals surface area contributed by atoms with Crippen LogP contribution in [0.4, 0.5) is 0 Å². The molecule has 1 amide bonds. The minimum atomic E-state index is -1.13. The summed E-state index contributed by atoms with van der Waals surface area (Å²) in [4.78, 5) is 12.3. The second-order valence-electron chi connectivity index (χ2n) is 11.4. The summed E-state index contributed by atoms with van der Waals surface area (Å²) in [5.74, 6) is -0.146. The normalized spacial score (nSPS) is 14.0. The van der Waals surface area contributed by atoms with Crippen LogP contribution < -0.4 is 5.32 Å². The lowest BCUT2D eigenvalue weighted by atomic mass is 9.99. The van der Waals surface area contributed by atoms with Crippen LogP contribution in [-0.2, 0) is 4.79 Å². The molecule has 3 unspecified atom stereocenters. The van der Waals surface area contributed by atoms with Crippen molar-refractivity contribution in [2.24, 2.45) is 0 Å². The van der Waals surface area contributed by atoms with E-state index in [4.69, 9.17) is 0 Å². The molecule has 3 atom stereocenters. The van der Waals surface area contributed by atoms with Crippen molar-refractivity contribution in [3.63, 3.8) is 0 Å². The second kappa shape index (κ2) is 28.4. The monoisotopic (exact) mass is 527 g/mol. The highest BCUT2D eigenvalue weighted by Crippen LogP contribution is 2.15. The van der Waals surface area contributed by atoms with Crippen molar-refractivity contribution in [2.75, 3.05) is 6.61 Å². The van der Waals surface area contributed by atoms with Crippen LogP contribution in [0.1, 0.15) is 174 Å². The van der Waals surface area contributed by atoms with E-state index in [9.17, 15) is 20.1 Å². The number of carbonyl (C=O) groups is 1. The molecule has 5 nitrogen and oxygen atoms in total. The van der Waals surface area contributed by atoms with Crippen molar-refractivity contribution in [1.82, 2.24) is 5.32 Å². The van der Waals surface area contributed by atoms with Crippen LogP contribution in [0.3, 0.4) is 0 Å². The molecule has 0 heterocycles. The Kier molecular flexibility index (Phi) is 27.9. The Bertz CT molecular complexity index is 474. The summed E-state index contributed by atoms with van der Waals surface area (Å²) in [6.07, 6.45) is 27.6. The minimum Gasteiger partial charge on any atom is -0.394 e. The zero-order chi connectivity index (χ0) is 27.4. The van der Waals surface area contributed by atoms with Gasteiger partial charge in [0.05, 0.1) is 18.8 Å². The number of amides is 1. The lowest BCUT2D eigenvalue weighted by Crippen LogP contribution is -2.50. The first-order valence-corrected chi connectivity index (χ1v) is 16.3. The van der Waals surface area contributed by atoms with E-state index in [2.05, 4.69) is 19.2 Å². The number of carbonyl (C=O) groups excluding carboxylic acids is 1. The largest absolute Gasteiger partial charge is 0.394 e. The van der Waals surface area contributed by atoms with Crippen LogP contribution >= 0.6 is 0 Å².